The Hall–Kier alpha value is -0.240. The summed E-state index contributed by atoms with van der Waals surface area (Å²) < 4.78 is 0. The van der Waals surface area contributed by atoms with Crippen LogP contribution in [0.1, 0.15) is 24.8 Å². The lowest BCUT2D eigenvalue weighted by atomic mass is 9.92. The van der Waals surface area contributed by atoms with Gasteiger partial charge in [-0.15, -0.1) is 0 Å². The van der Waals surface area contributed by atoms with Crippen molar-refractivity contribution >= 4 is 23.2 Å². The van der Waals surface area contributed by atoms with Gasteiger partial charge in [-0.2, -0.15) is 0 Å². The quantitative estimate of drug-likeness (QED) is 0.882. The van der Waals surface area contributed by atoms with Crippen molar-refractivity contribution in [1.29, 1.82) is 0 Å². The lowest BCUT2D eigenvalue weighted by molar-refractivity contribution is 0.104. The predicted octanol–water partition coefficient (Wildman–Crippen LogP) is 3.94. The van der Waals surface area contributed by atoms with E-state index in [2.05, 4.69) is 0 Å². The molecule has 0 spiro atoms. The molecule has 0 amide bonds. The van der Waals surface area contributed by atoms with Crippen LogP contribution in [0.3, 0.4) is 0 Å². The monoisotopic (exact) mass is 270 g/mol. The fourth-order valence-corrected chi connectivity index (χ4v) is 3.56. The first-order valence-electron chi connectivity index (χ1n) is 6.25. The molecule has 2 aliphatic rings. The Labute approximate surface area is 112 Å². The van der Waals surface area contributed by atoms with Gasteiger partial charge in [0.15, 0.2) is 0 Å². The third-order valence-corrected chi connectivity index (χ3v) is 4.86. The summed E-state index contributed by atoms with van der Waals surface area (Å²) in [6.45, 7) is 0. The molecule has 92 valence electrons. The molecule has 2 fully saturated rings. The molecular weight excluding hydrogens is 255 g/mol. The lowest BCUT2D eigenvalue weighted by Crippen LogP contribution is -2.21. The summed E-state index contributed by atoms with van der Waals surface area (Å²) in [5.74, 6) is 2.28. The highest BCUT2D eigenvalue weighted by Crippen LogP contribution is 2.55. The zero-order valence-electron chi connectivity index (χ0n) is 9.57. The smallest absolute Gasteiger partial charge is 0.0609 e. The van der Waals surface area contributed by atoms with Crippen LogP contribution >= 0.6 is 23.2 Å². The van der Waals surface area contributed by atoms with Gasteiger partial charge in [-0.25, -0.2) is 0 Å². The second-order valence-electron chi connectivity index (χ2n) is 5.49. The number of rotatable bonds is 3. The minimum Gasteiger partial charge on any atom is -0.392 e. The zero-order valence-corrected chi connectivity index (χ0v) is 11.1. The molecule has 1 nitrogen and oxygen atoms in total. The minimum absolute atomic E-state index is 0.265. The Morgan fingerprint density at radius 3 is 2.59 bits per heavy atom. The van der Waals surface area contributed by atoms with Crippen LogP contribution in [0, 0.1) is 17.8 Å². The van der Waals surface area contributed by atoms with Gasteiger partial charge in [0, 0.05) is 16.5 Å². The third-order valence-electron chi connectivity index (χ3n) is 4.26. The van der Waals surface area contributed by atoms with E-state index in [0.717, 1.165) is 17.4 Å². The van der Waals surface area contributed by atoms with E-state index >= 15 is 0 Å². The lowest BCUT2D eigenvalue weighted by Gasteiger charge is -2.20. The molecule has 1 aromatic rings. The second kappa shape index (κ2) is 4.46. The molecule has 1 N–H and O–H groups in total. The molecule has 3 rings (SSSR count). The zero-order chi connectivity index (χ0) is 12.0. The number of benzene rings is 1. The summed E-state index contributed by atoms with van der Waals surface area (Å²) in [4.78, 5) is 0. The summed E-state index contributed by atoms with van der Waals surface area (Å²) in [7, 11) is 0. The van der Waals surface area contributed by atoms with Gasteiger partial charge in [0.25, 0.3) is 0 Å². The molecule has 0 radical (unpaired) electrons. The van der Waals surface area contributed by atoms with Crippen molar-refractivity contribution in [2.75, 3.05) is 0 Å². The van der Waals surface area contributed by atoms with Gasteiger partial charge in [-0.05, 0) is 60.8 Å². The van der Waals surface area contributed by atoms with Gasteiger partial charge in [-0.3, -0.25) is 0 Å². The fraction of sp³-hybridized carbons (Fsp3) is 0.571. The van der Waals surface area contributed by atoms with E-state index in [1.807, 2.05) is 6.07 Å². The van der Waals surface area contributed by atoms with Crippen LogP contribution in [0.4, 0.5) is 0 Å². The van der Waals surface area contributed by atoms with Crippen molar-refractivity contribution in [3.05, 3.63) is 33.8 Å². The van der Waals surface area contributed by atoms with Crippen LogP contribution in [0.2, 0.25) is 10.0 Å². The van der Waals surface area contributed by atoms with Gasteiger partial charge in [0.1, 0.15) is 0 Å². The van der Waals surface area contributed by atoms with Gasteiger partial charge in [0.2, 0.25) is 0 Å². The molecule has 0 saturated heterocycles. The first-order chi connectivity index (χ1) is 8.13. The first kappa shape index (κ1) is 11.8. The van der Waals surface area contributed by atoms with Crippen LogP contribution in [0.25, 0.3) is 0 Å². The van der Waals surface area contributed by atoms with Crippen molar-refractivity contribution in [3.8, 4) is 0 Å². The number of hydrogen-bond acceptors (Lipinski definition) is 1. The maximum Gasteiger partial charge on any atom is 0.0609 e. The van der Waals surface area contributed by atoms with E-state index in [1.54, 1.807) is 12.1 Å². The molecule has 0 aliphatic heterocycles. The molecule has 0 aromatic heterocycles. The van der Waals surface area contributed by atoms with Crippen LogP contribution in [0.5, 0.6) is 0 Å². The predicted molar refractivity (Wildman–Crippen MR) is 70.5 cm³/mol. The number of hydrogen-bond donors (Lipinski definition) is 1. The van der Waals surface area contributed by atoms with Crippen LogP contribution in [-0.2, 0) is 6.42 Å². The van der Waals surface area contributed by atoms with E-state index in [9.17, 15) is 5.11 Å². The van der Waals surface area contributed by atoms with E-state index in [4.69, 9.17) is 23.2 Å². The summed E-state index contributed by atoms with van der Waals surface area (Å²) in [5, 5.41) is 11.6. The molecule has 2 saturated carbocycles. The highest BCUT2D eigenvalue weighted by Gasteiger charge is 2.47. The third kappa shape index (κ3) is 2.47. The molecule has 2 aliphatic carbocycles. The van der Waals surface area contributed by atoms with Crippen molar-refractivity contribution < 1.29 is 5.11 Å². The summed E-state index contributed by atoms with van der Waals surface area (Å²) in [5.41, 5.74) is 0.965. The second-order valence-corrected chi connectivity index (χ2v) is 6.34. The Morgan fingerprint density at radius 2 is 1.88 bits per heavy atom. The standard InChI is InChI=1S/C14H16Cl2O/c15-12-1-2-13(16)10(6-12)7-14(17)11-4-8-3-9(8)5-11/h1-2,6,8-9,11,14,17H,3-5,7H2. The average molecular weight is 271 g/mol. The van der Waals surface area contributed by atoms with E-state index in [-0.39, 0.29) is 6.10 Å². The molecule has 0 bridgehead atoms. The Kier molecular flexibility index (Phi) is 3.10. The SMILES string of the molecule is OC(Cc1cc(Cl)ccc1Cl)C1CC2CC2C1. The largest absolute Gasteiger partial charge is 0.392 e. The van der Waals surface area contributed by atoms with E-state index in [0.29, 0.717) is 22.4 Å². The first-order valence-corrected chi connectivity index (χ1v) is 7.01. The average Bonchev–Trinajstić information content (AvgIpc) is 2.91. The maximum atomic E-state index is 10.3. The minimum atomic E-state index is -0.265. The van der Waals surface area contributed by atoms with Gasteiger partial charge in [0.05, 0.1) is 6.10 Å². The van der Waals surface area contributed by atoms with Crippen LogP contribution in [0.15, 0.2) is 18.2 Å². The van der Waals surface area contributed by atoms with E-state index < -0.39 is 0 Å². The Balaban J connectivity index is 1.67. The number of aliphatic hydroxyl groups is 1. The summed E-state index contributed by atoms with van der Waals surface area (Å²) >= 11 is 12.1. The highest BCUT2D eigenvalue weighted by molar-refractivity contribution is 6.33. The summed E-state index contributed by atoms with van der Waals surface area (Å²) in [6.07, 6.45) is 4.15. The number of aliphatic hydroxyl groups excluding tert-OH is 1. The summed E-state index contributed by atoms with van der Waals surface area (Å²) in [6, 6.07) is 5.45. The van der Waals surface area contributed by atoms with Crippen molar-refractivity contribution in [2.24, 2.45) is 17.8 Å². The molecular formula is C14H16Cl2O. The van der Waals surface area contributed by atoms with Gasteiger partial charge >= 0.3 is 0 Å². The molecule has 3 atom stereocenters. The maximum absolute atomic E-state index is 10.3. The Bertz CT molecular complexity index is 422. The Morgan fingerprint density at radius 1 is 1.18 bits per heavy atom. The van der Waals surface area contributed by atoms with Crippen molar-refractivity contribution in [2.45, 2.75) is 31.8 Å². The molecule has 0 heterocycles. The normalized spacial score (nSPS) is 32.3. The van der Waals surface area contributed by atoms with Crippen LogP contribution < -0.4 is 0 Å². The number of halogens is 2. The van der Waals surface area contributed by atoms with Gasteiger partial charge in [-0.1, -0.05) is 23.2 Å². The van der Waals surface area contributed by atoms with Crippen molar-refractivity contribution in [3.63, 3.8) is 0 Å². The molecule has 3 unspecified atom stereocenters. The van der Waals surface area contributed by atoms with E-state index in [1.165, 1.54) is 19.3 Å². The highest BCUT2D eigenvalue weighted by atomic mass is 35.5. The van der Waals surface area contributed by atoms with Gasteiger partial charge < -0.3 is 5.11 Å². The molecule has 17 heavy (non-hydrogen) atoms. The fourth-order valence-electron chi connectivity index (χ4n) is 3.17. The number of fused-ring (bicyclic) bond motifs is 1. The van der Waals surface area contributed by atoms with Crippen molar-refractivity contribution in [1.82, 2.24) is 0 Å². The topological polar surface area (TPSA) is 20.2 Å². The molecule has 3 heteroatoms. The van der Waals surface area contributed by atoms with Crippen LogP contribution in [-0.4, -0.2) is 11.2 Å². The molecule has 1 aromatic carbocycles.